The summed E-state index contributed by atoms with van der Waals surface area (Å²) in [5.41, 5.74) is 0.187. The van der Waals surface area contributed by atoms with Crippen molar-refractivity contribution in [3.05, 3.63) is 29.1 Å². The molecule has 3 aliphatic heterocycles. The molecule has 4 rings (SSSR count). The smallest absolute Gasteiger partial charge is 0.262 e. The van der Waals surface area contributed by atoms with Gasteiger partial charge in [-0.15, -0.1) is 0 Å². The van der Waals surface area contributed by atoms with Crippen molar-refractivity contribution in [3.8, 4) is 0 Å². The number of nitrogens with one attached hydrogen (secondary N) is 2. The summed E-state index contributed by atoms with van der Waals surface area (Å²) in [5, 5.41) is 5.35. The van der Waals surface area contributed by atoms with Gasteiger partial charge in [-0.25, -0.2) is 4.39 Å². The molecule has 31 heavy (non-hydrogen) atoms. The minimum Gasteiger partial charge on any atom is -0.379 e. The van der Waals surface area contributed by atoms with Crippen molar-refractivity contribution in [2.24, 2.45) is 0 Å². The highest BCUT2D eigenvalue weighted by atomic mass is 19.1. The van der Waals surface area contributed by atoms with Crippen LogP contribution in [0.1, 0.15) is 67.2 Å². The number of piperidine rings is 2. The van der Waals surface area contributed by atoms with Crippen LogP contribution in [0.25, 0.3) is 0 Å². The van der Waals surface area contributed by atoms with Crippen LogP contribution in [0, 0.1) is 5.82 Å². The summed E-state index contributed by atoms with van der Waals surface area (Å²) in [6, 6.07) is 1.38. The van der Waals surface area contributed by atoms with Gasteiger partial charge in [-0.2, -0.15) is 0 Å². The highest BCUT2D eigenvalue weighted by Gasteiger charge is 2.45. The van der Waals surface area contributed by atoms with E-state index in [0.29, 0.717) is 0 Å². The van der Waals surface area contributed by atoms with E-state index in [9.17, 15) is 23.6 Å². The molecule has 0 spiro atoms. The first kappa shape index (κ1) is 21.4. The van der Waals surface area contributed by atoms with Crippen LogP contribution in [0.2, 0.25) is 0 Å². The number of carbonyl (C=O) groups is 4. The molecule has 0 unspecified atom stereocenters. The molecule has 9 heteroatoms. The number of nitrogens with zero attached hydrogens (tertiary/aromatic N) is 2. The number of anilines is 1. The maximum atomic E-state index is 14.8. The number of hydrogen-bond donors (Lipinski definition) is 2. The van der Waals surface area contributed by atoms with E-state index in [2.05, 4.69) is 36.3 Å². The molecule has 2 saturated heterocycles. The Morgan fingerprint density at radius 1 is 1.06 bits per heavy atom. The Morgan fingerprint density at radius 3 is 2.39 bits per heavy atom. The van der Waals surface area contributed by atoms with Gasteiger partial charge in [-0.1, -0.05) is 0 Å². The predicted molar refractivity (Wildman–Crippen MR) is 111 cm³/mol. The maximum absolute atomic E-state index is 14.8. The molecule has 0 aliphatic carbocycles. The Kier molecular flexibility index (Phi) is 5.33. The number of imide groups is 2. The van der Waals surface area contributed by atoms with Crippen molar-refractivity contribution in [2.75, 3.05) is 18.4 Å². The van der Waals surface area contributed by atoms with Gasteiger partial charge >= 0.3 is 0 Å². The van der Waals surface area contributed by atoms with E-state index < -0.39 is 35.5 Å². The quantitative estimate of drug-likeness (QED) is 0.711. The second kappa shape index (κ2) is 7.71. The first-order chi connectivity index (χ1) is 14.6. The molecule has 0 bridgehead atoms. The largest absolute Gasteiger partial charge is 0.379 e. The first-order valence-electron chi connectivity index (χ1n) is 10.6. The van der Waals surface area contributed by atoms with Crippen LogP contribution in [-0.2, 0) is 9.59 Å². The van der Waals surface area contributed by atoms with Gasteiger partial charge in [0, 0.05) is 24.5 Å². The van der Waals surface area contributed by atoms with Gasteiger partial charge in [0.1, 0.15) is 11.9 Å². The number of rotatable bonds is 3. The average Bonchev–Trinajstić information content (AvgIpc) is 2.92. The zero-order chi connectivity index (χ0) is 22.5. The van der Waals surface area contributed by atoms with E-state index in [1.807, 2.05) is 0 Å². The van der Waals surface area contributed by atoms with Gasteiger partial charge in [0.15, 0.2) is 0 Å². The standard InChI is InChI=1S/C22H27FN4O4/c1-22(2,3)26-8-4-5-12(11-26)24-16-10-14-13(9-15(16)23)20(30)27(21(14)31)17-6-7-18(28)25-19(17)29/h9-10,12,17,24H,4-8,11H2,1-3H3,(H,25,28,29)/t12-,17+/m0/s1. The highest BCUT2D eigenvalue weighted by molar-refractivity contribution is 6.23. The normalized spacial score (nSPS) is 25.0. The van der Waals surface area contributed by atoms with Crippen LogP contribution in [0.4, 0.5) is 10.1 Å². The minimum absolute atomic E-state index is 0.00166. The summed E-state index contributed by atoms with van der Waals surface area (Å²) in [5.74, 6) is -3.09. The number of amides is 4. The van der Waals surface area contributed by atoms with E-state index in [0.717, 1.165) is 36.9 Å². The van der Waals surface area contributed by atoms with E-state index in [4.69, 9.17) is 0 Å². The van der Waals surface area contributed by atoms with Crippen molar-refractivity contribution in [1.29, 1.82) is 0 Å². The van der Waals surface area contributed by atoms with Crippen LogP contribution in [0.5, 0.6) is 0 Å². The maximum Gasteiger partial charge on any atom is 0.262 e. The molecule has 2 fully saturated rings. The van der Waals surface area contributed by atoms with Gasteiger partial charge in [0.25, 0.3) is 11.8 Å². The van der Waals surface area contributed by atoms with Crippen molar-refractivity contribution in [2.45, 2.75) is 64.1 Å². The second-order valence-electron chi connectivity index (χ2n) is 9.43. The number of halogens is 1. The summed E-state index contributed by atoms with van der Waals surface area (Å²) in [6.07, 6.45) is 1.95. The van der Waals surface area contributed by atoms with E-state index in [-0.39, 0.29) is 41.2 Å². The van der Waals surface area contributed by atoms with Crippen LogP contribution in [-0.4, -0.2) is 64.1 Å². The lowest BCUT2D eigenvalue weighted by Crippen LogP contribution is -2.54. The lowest BCUT2D eigenvalue weighted by atomic mass is 9.97. The summed E-state index contributed by atoms with van der Waals surface area (Å²) in [6.45, 7) is 8.13. The third kappa shape index (κ3) is 3.94. The Labute approximate surface area is 180 Å². The number of fused-ring (bicyclic) bond motifs is 1. The van der Waals surface area contributed by atoms with Gasteiger partial charge in [0.05, 0.1) is 16.8 Å². The third-order valence-electron chi connectivity index (χ3n) is 6.26. The zero-order valence-corrected chi connectivity index (χ0v) is 18.0. The topological polar surface area (TPSA) is 98.8 Å². The van der Waals surface area contributed by atoms with Gasteiger partial charge in [-0.05, 0) is 58.7 Å². The summed E-state index contributed by atoms with van der Waals surface area (Å²) < 4.78 is 14.8. The molecule has 1 aromatic rings. The molecular formula is C22H27FN4O4. The van der Waals surface area contributed by atoms with Gasteiger partial charge in [-0.3, -0.25) is 34.3 Å². The van der Waals surface area contributed by atoms with Crippen LogP contribution in [0.3, 0.4) is 0 Å². The van der Waals surface area contributed by atoms with Gasteiger partial charge < -0.3 is 5.32 Å². The average molecular weight is 430 g/mol. The number of benzene rings is 1. The molecular weight excluding hydrogens is 403 g/mol. The summed E-state index contributed by atoms with van der Waals surface area (Å²) in [4.78, 5) is 52.5. The molecule has 0 aromatic heterocycles. The molecule has 0 saturated carbocycles. The first-order valence-corrected chi connectivity index (χ1v) is 10.6. The molecule has 3 aliphatic rings. The lowest BCUT2D eigenvalue weighted by Gasteiger charge is -2.42. The van der Waals surface area contributed by atoms with E-state index >= 15 is 0 Å². The summed E-state index contributed by atoms with van der Waals surface area (Å²) in [7, 11) is 0. The van der Waals surface area contributed by atoms with Crippen molar-refractivity contribution in [1.82, 2.24) is 15.1 Å². The number of likely N-dealkylation sites (tertiary alicyclic amines) is 1. The fourth-order valence-electron chi connectivity index (χ4n) is 4.53. The lowest BCUT2D eigenvalue weighted by molar-refractivity contribution is -0.136. The Hall–Kier alpha value is -2.81. The molecule has 0 radical (unpaired) electrons. The fourth-order valence-corrected chi connectivity index (χ4v) is 4.53. The predicted octanol–water partition coefficient (Wildman–Crippen LogP) is 1.90. The zero-order valence-electron chi connectivity index (χ0n) is 18.0. The molecule has 8 nitrogen and oxygen atoms in total. The van der Waals surface area contributed by atoms with Gasteiger partial charge in [0.2, 0.25) is 11.8 Å². The molecule has 1 aromatic carbocycles. The number of carbonyl (C=O) groups excluding carboxylic acids is 4. The number of hydrogen-bond acceptors (Lipinski definition) is 6. The van der Waals surface area contributed by atoms with Crippen LogP contribution in [0.15, 0.2) is 12.1 Å². The molecule has 2 atom stereocenters. The minimum atomic E-state index is -1.07. The van der Waals surface area contributed by atoms with Crippen molar-refractivity contribution < 1.29 is 23.6 Å². The van der Waals surface area contributed by atoms with Crippen molar-refractivity contribution in [3.63, 3.8) is 0 Å². The fraction of sp³-hybridized carbons (Fsp3) is 0.545. The van der Waals surface area contributed by atoms with E-state index in [1.165, 1.54) is 6.07 Å². The molecule has 3 heterocycles. The Morgan fingerprint density at radius 2 is 1.74 bits per heavy atom. The van der Waals surface area contributed by atoms with Crippen LogP contribution < -0.4 is 10.6 Å². The SMILES string of the molecule is CC(C)(C)N1CCC[C@H](Nc2cc3c(cc2F)C(=O)N([C@@H]2CCC(=O)NC2=O)C3=O)C1. The van der Waals surface area contributed by atoms with Crippen LogP contribution >= 0.6 is 0 Å². The Balaban J connectivity index is 1.56. The Bertz CT molecular complexity index is 971. The van der Waals surface area contributed by atoms with E-state index in [1.54, 1.807) is 0 Å². The monoisotopic (exact) mass is 430 g/mol. The molecule has 4 amide bonds. The summed E-state index contributed by atoms with van der Waals surface area (Å²) >= 11 is 0. The molecule has 2 N–H and O–H groups in total. The second-order valence-corrected chi connectivity index (χ2v) is 9.43. The highest BCUT2D eigenvalue weighted by Crippen LogP contribution is 2.32. The molecule has 166 valence electrons. The third-order valence-corrected chi connectivity index (χ3v) is 6.26. The van der Waals surface area contributed by atoms with Crippen molar-refractivity contribution >= 4 is 29.3 Å².